The lowest BCUT2D eigenvalue weighted by molar-refractivity contribution is -0.137. The van der Waals surface area contributed by atoms with Crippen LogP contribution in [0.15, 0.2) is 18.2 Å². The molecule has 17 heavy (non-hydrogen) atoms. The Morgan fingerprint density at radius 2 is 2.18 bits per heavy atom. The van der Waals surface area contributed by atoms with Gasteiger partial charge in [0.1, 0.15) is 5.75 Å². The zero-order valence-corrected chi connectivity index (χ0v) is 9.90. The molecule has 0 radical (unpaired) electrons. The van der Waals surface area contributed by atoms with Crippen molar-refractivity contribution in [2.24, 2.45) is 5.73 Å². The normalized spacial score (nSPS) is 11.9. The Morgan fingerprint density at radius 1 is 1.53 bits per heavy atom. The van der Waals surface area contributed by atoms with Crippen LogP contribution in [0.1, 0.15) is 16.8 Å². The predicted octanol–water partition coefficient (Wildman–Crippen LogP) is 1.33. The smallest absolute Gasteiger partial charge is 0.305 e. The molecule has 0 amide bonds. The molecule has 1 aromatic carbocycles. The summed E-state index contributed by atoms with van der Waals surface area (Å²) in [7, 11) is 1.46. The Morgan fingerprint density at radius 3 is 2.65 bits per heavy atom. The fourth-order valence-corrected chi connectivity index (χ4v) is 1.57. The molecule has 0 fully saturated rings. The van der Waals surface area contributed by atoms with Gasteiger partial charge in [-0.3, -0.25) is 9.59 Å². The standard InChI is InChI=1S/C11H12ClNO4/c1-17-9-3-2-6(4-7(9)12)11(16)8(13)5-10(14)15/h2-4,8H,5,13H2,1H3,(H,14,15). The average Bonchev–Trinajstić information content (AvgIpc) is 2.27. The van der Waals surface area contributed by atoms with Crippen molar-refractivity contribution in [3.05, 3.63) is 28.8 Å². The molecule has 6 heteroatoms. The quantitative estimate of drug-likeness (QED) is 0.777. The maximum Gasteiger partial charge on any atom is 0.305 e. The summed E-state index contributed by atoms with van der Waals surface area (Å²) in [5.74, 6) is -1.14. The van der Waals surface area contributed by atoms with Gasteiger partial charge >= 0.3 is 5.97 Å². The van der Waals surface area contributed by atoms with Crippen LogP contribution in [0, 0.1) is 0 Å². The van der Waals surface area contributed by atoms with Gasteiger partial charge in [0.25, 0.3) is 0 Å². The summed E-state index contributed by atoms with van der Waals surface area (Å²) in [4.78, 5) is 22.2. The van der Waals surface area contributed by atoms with Crippen LogP contribution < -0.4 is 10.5 Å². The van der Waals surface area contributed by atoms with Crippen molar-refractivity contribution in [3.63, 3.8) is 0 Å². The van der Waals surface area contributed by atoms with Crippen LogP contribution in [0.2, 0.25) is 5.02 Å². The number of methoxy groups -OCH3 is 1. The van der Waals surface area contributed by atoms with E-state index in [1.165, 1.54) is 25.3 Å². The maximum atomic E-state index is 11.7. The van der Waals surface area contributed by atoms with E-state index in [2.05, 4.69) is 0 Å². The predicted molar refractivity (Wildman–Crippen MR) is 62.6 cm³/mol. The zero-order chi connectivity index (χ0) is 13.0. The highest BCUT2D eigenvalue weighted by atomic mass is 35.5. The number of carbonyl (C=O) groups is 2. The van der Waals surface area contributed by atoms with E-state index in [1.807, 2.05) is 0 Å². The van der Waals surface area contributed by atoms with Crippen molar-refractivity contribution >= 4 is 23.4 Å². The van der Waals surface area contributed by atoms with Gasteiger partial charge in [-0.2, -0.15) is 0 Å². The van der Waals surface area contributed by atoms with Crippen molar-refractivity contribution in [3.8, 4) is 5.75 Å². The lowest BCUT2D eigenvalue weighted by Gasteiger charge is -2.09. The largest absolute Gasteiger partial charge is 0.495 e. The highest BCUT2D eigenvalue weighted by Crippen LogP contribution is 2.25. The summed E-state index contributed by atoms with van der Waals surface area (Å²) < 4.78 is 4.94. The number of carboxylic acid groups (broad SMARTS) is 1. The van der Waals surface area contributed by atoms with Gasteiger partial charge < -0.3 is 15.6 Å². The molecule has 1 unspecified atom stereocenters. The first-order valence-electron chi connectivity index (χ1n) is 4.81. The lowest BCUT2D eigenvalue weighted by atomic mass is 10.0. The minimum Gasteiger partial charge on any atom is -0.495 e. The first-order valence-corrected chi connectivity index (χ1v) is 5.18. The summed E-state index contributed by atoms with van der Waals surface area (Å²) in [5.41, 5.74) is 5.73. The third-order valence-electron chi connectivity index (χ3n) is 2.17. The molecule has 1 atom stereocenters. The molecule has 0 aliphatic heterocycles. The minimum absolute atomic E-state index is 0.268. The molecule has 0 saturated heterocycles. The SMILES string of the molecule is COc1ccc(C(=O)C(N)CC(=O)O)cc1Cl. The number of ether oxygens (including phenoxy) is 1. The number of nitrogens with two attached hydrogens (primary N) is 1. The van der Waals surface area contributed by atoms with Gasteiger partial charge in [-0.05, 0) is 18.2 Å². The van der Waals surface area contributed by atoms with E-state index in [4.69, 9.17) is 27.2 Å². The third-order valence-corrected chi connectivity index (χ3v) is 2.46. The number of Topliss-reactive ketones (excluding diaryl/α,β-unsaturated/α-hetero) is 1. The van der Waals surface area contributed by atoms with Gasteiger partial charge in [-0.15, -0.1) is 0 Å². The molecule has 5 nitrogen and oxygen atoms in total. The molecule has 1 rings (SSSR count). The molecule has 1 aromatic rings. The molecular formula is C11H12ClNO4. The van der Waals surface area contributed by atoms with Crippen molar-refractivity contribution in [1.82, 2.24) is 0 Å². The van der Waals surface area contributed by atoms with Crippen molar-refractivity contribution in [2.45, 2.75) is 12.5 Å². The average molecular weight is 258 g/mol. The van der Waals surface area contributed by atoms with Crippen molar-refractivity contribution in [1.29, 1.82) is 0 Å². The number of hydrogen-bond donors (Lipinski definition) is 2. The Hall–Kier alpha value is -1.59. The highest BCUT2D eigenvalue weighted by molar-refractivity contribution is 6.32. The lowest BCUT2D eigenvalue weighted by Crippen LogP contribution is -2.32. The molecule has 0 saturated carbocycles. The molecule has 92 valence electrons. The highest BCUT2D eigenvalue weighted by Gasteiger charge is 2.19. The van der Waals surface area contributed by atoms with Crippen LogP contribution in [0.3, 0.4) is 0 Å². The van der Waals surface area contributed by atoms with Crippen LogP contribution in [0.5, 0.6) is 5.75 Å². The van der Waals surface area contributed by atoms with Crippen LogP contribution in [-0.4, -0.2) is 30.0 Å². The van der Waals surface area contributed by atoms with Gasteiger partial charge in [0.15, 0.2) is 5.78 Å². The number of benzene rings is 1. The van der Waals surface area contributed by atoms with Gasteiger partial charge in [-0.1, -0.05) is 11.6 Å². The maximum absolute atomic E-state index is 11.7. The first-order chi connectivity index (χ1) is 7.95. The molecule has 0 spiro atoms. The second kappa shape index (κ2) is 5.65. The molecule has 3 N–H and O–H groups in total. The third kappa shape index (κ3) is 3.44. The van der Waals surface area contributed by atoms with Gasteiger partial charge in [0, 0.05) is 5.56 Å². The molecular weight excluding hydrogens is 246 g/mol. The number of carbonyl (C=O) groups excluding carboxylic acids is 1. The fourth-order valence-electron chi connectivity index (χ4n) is 1.31. The van der Waals surface area contributed by atoms with Crippen LogP contribution in [0.25, 0.3) is 0 Å². The second-order valence-electron chi connectivity index (χ2n) is 3.42. The van der Waals surface area contributed by atoms with Gasteiger partial charge in [0.2, 0.25) is 0 Å². The summed E-state index contributed by atoms with van der Waals surface area (Å²) in [6, 6.07) is 3.36. The van der Waals surface area contributed by atoms with E-state index >= 15 is 0 Å². The number of rotatable bonds is 5. The number of hydrogen-bond acceptors (Lipinski definition) is 4. The second-order valence-corrected chi connectivity index (χ2v) is 3.83. The van der Waals surface area contributed by atoms with E-state index in [-0.39, 0.29) is 10.6 Å². The number of halogens is 1. The van der Waals surface area contributed by atoms with Crippen molar-refractivity contribution < 1.29 is 19.4 Å². The van der Waals surface area contributed by atoms with Crippen LogP contribution >= 0.6 is 11.6 Å². The Labute approximate surface area is 103 Å². The monoisotopic (exact) mass is 257 g/mol. The molecule has 0 aromatic heterocycles. The van der Waals surface area contributed by atoms with Crippen molar-refractivity contribution in [2.75, 3.05) is 7.11 Å². The van der Waals surface area contributed by atoms with Gasteiger partial charge in [0.05, 0.1) is 24.6 Å². The molecule has 0 aliphatic rings. The fraction of sp³-hybridized carbons (Fsp3) is 0.273. The summed E-state index contributed by atoms with van der Waals surface area (Å²) >= 11 is 5.85. The van der Waals surface area contributed by atoms with E-state index in [0.717, 1.165) is 0 Å². The molecule has 0 aliphatic carbocycles. The summed E-state index contributed by atoms with van der Waals surface area (Å²) in [5, 5.41) is 8.82. The Balaban J connectivity index is 2.89. The van der Waals surface area contributed by atoms with Gasteiger partial charge in [-0.25, -0.2) is 0 Å². The summed E-state index contributed by atoms with van der Waals surface area (Å²) in [6.45, 7) is 0. The van der Waals surface area contributed by atoms with E-state index in [9.17, 15) is 9.59 Å². The minimum atomic E-state index is -1.12. The van der Waals surface area contributed by atoms with E-state index < -0.39 is 24.2 Å². The topological polar surface area (TPSA) is 89.6 Å². The molecule has 0 heterocycles. The van der Waals surface area contributed by atoms with E-state index in [0.29, 0.717) is 5.75 Å². The van der Waals surface area contributed by atoms with Crippen LogP contribution in [0.4, 0.5) is 0 Å². The summed E-state index contributed by atoms with van der Waals surface area (Å²) in [6.07, 6.45) is -0.414. The first kappa shape index (κ1) is 13.5. The number of aliphatic carboxylic acids is 1. The van der Waals surface area contributed by atoms with Crippen LogP contribution in [-0.2, 0) is 4.79 Å². The van der Waals surface area contributed by atoms with E-state index in [1.54, 1.807) is 0 Å². The Bertz CT molecular complexity index is 447. The Kier molecular flexibility index (Phi) is 4.48. The molecule has 0 bridgehead atoms. The number of ketones is 1. The zero-order valence-electron chi connectivity index (χ0n) is 9.14. The number of carboxylic acids is 1.